The van der Waals surface area contributed by atoms with Crippen molar-refractivity contribution < 1.29 is 0 Å². The van der Waals surface area contributed by atoms with E-state index in [0.717, 1.165) is 12.8 Å². The molecule has 1 nitrogen and oxygen atoms in total. The van der Waals surface area contributed by atoms with Gasteiger partial charge in [-0.05, 0) is 68.9 Å². The Morgan fingerprint density at radius 3 is 2.05 bits per heavy atom. The van der Waals surface area contributed by atoms with Crippen molar-refractivity contribution in [2.24, 2.45) is 0 Å². The van der Waals surface area contributed by atoms with Crippen molar-refractivity contribution in [3.05, 3.63) is 63.5 Å². The molecule has 0 spiro atoms. The molecule has 0 radical (unpaired) electrons. The summed E-state index contributed by atoms with van der Waals surface area (Å²) in [5, 5.41) is 0. The van der Waals surface area contributed by atoms with Crippen LogP contribution in [0.3, 0.4) is 0 Å². The van der Waals surface area contributed by atoms with E-state index in [1.165, 1.54) is 44.8 Å². The van der Waals surface area contributed by atoms with Gasteiger partial charge in [-0.25, -0.2) is 0 Å². The van der Waals surface area contributed by atoms with Crippen LogP contribution in [-0.2, 0) is 0 Å². The summed E-state index contributed by atoms with van der Waals surface area (Å²) in [5.41, 5.74) is 11.4. The number of benzene rings is 1. The summed E-state index contributed by atoms with van der Waals surface area (Å²) in [6.07, 6.45) is 11.3. The van der Waals surface area contributed by atoms with Gasteiger partial charge in [0.1, 0.15) is 0 Å². The molecule has 0 fully saturated rings. The molecule has 3 rings (SSSR count). The van der Waals surface area contributed by atoms with Gasteiger partial charge in [0.25, 0.3) is 0 Å². The van der Waals surface area contributed by atoms with Gasteiger partial charge in [-0.15, -0.1) is 0 Å². The first kappa shape index (κ1) is 13.2. The third-order valence-electron chi connectivity index (χ3n) is 5.07. The highest BCUT2D eigenvalue weighted by molar-refractivity contribution is 5.75. The van der Waals surface area contributed by atoms with Crippen LogP contribution >= 0.6 is 0 Å². The first-order valence-electron chi connectivity index (χ1n) is 7.44. The number of rotatable bonds is 1. The minimum absolute atomic E-state index is 1.05. The van der Waals surface area contributed by atoms with Crippen LogP contribution in [-0.4, -0.2) is 4.90 Å². The van der Waals surface area contributed by atoms with E-state index >= 15 is 0 Å². The molecule has 1 heteroatoms. The standard InChI is InChI=1S/C19H23N/c1-12-13(2)15(4)19(16(5)14(12)3)18-10-6-8-17-9-7-11-20(17)18/h7-8,10-11H,6,9H2,1-5H3. The number of nitrogens with zero attached hydrogens (tertiary/aromatic N) is 1. The molecule has 104 valence electrons. The van der Waals surface area contributed by atoms with Crippen molar-refractivity contribution in [3.63, 3.8) is 0 Å². The minimum Gasteiger partial charge on any atom is -0.321 e. The highest BCUT2D eigenvalue weighted by Crippen LogP contribution is 2.38. The zero-order chi connectivity index (χ0) is 14.4. The Morgan fingerprint density at radius 1 is 0.800 bits per heavy atom. The molecule has 20 heavy (non-hydrogen) atoms. The summed E-state index contributed by atoms with van der Waals surface area (Å²) in [6, 6.07) is 0. The van der Waals surface area contributed by atoms with Gasteiger partial charge >= 0.3 is 0 Å². The summed E-state index contributed by atoms with van der Waals surface area (Å²) < 4.78 is 0. The zero-order valence-corrected chi connectivity index (χ0v) is 13.2. The van der Waals surface area contributed by atoms with E-state index in [1.54, 1.807) is 0 Å². The first-order chi connectivity index (χ1) is 9.52. The molecule has 0 saturated carbocycles. The van der Waals surface area contributed by atoms with E-state index in [-0.39, 0.29) is 0 Å². The van der Waals surface area contributed by atoms with Gasteiger partial charge in [0.15, 0.2) is 0 Å². The molecule has 0 N–H and O–H groups in total. The second-order valence-corrected chi connectivity index (χ2v) is 5.98. The molecule has 2 aliphatic rings. The normalized spacial score (nSPS) is 17.1. The van der Waals surface area contributed by atoms with Crippen molar-refractivity contribution >= 4 is 5.70 Å². The van der Waals surface area contributed by atoms with Crippen LogP contribution in [0.15, 0.2) is 30.1 Å². The molecule has 1 aromatic rings. The Bertz CT molecular complexity index is 642. The molecule has 2 aliphatic heterocycles. The van der Waals surface area contributed by atoms with Gasteiger partial charge in [-0.2, -0.15) is 0 Å². The SMILES string of the molecule is Cc1c(C)c(C)c(C2=CCC=C3CC=CN32)c(C)c1C. The maximum absolute atomic E-state index is 2.37. The summed E-state index contributed by atoms with van der Waals surface area (Å²) in [5.74, 6) is 0. The minimum atomic E-state index is 1.05. The topological polar surface area (TPSA) is 3.24 Å². The number of hydrogen-bond acceptors (Lipinski definition) is 1. The predicted octanol–water partition coefficient (Wildman–Crippen LogP) is 5.08. The molecule has 0 aliphatic carbocycles. The van der Waals surface area contributed by atoms with E-state index in [4.69, 9.17) is 0 Å². The van der Waals surface area contributed by atoms with Gasteiger partial charge in [-0.1, -0.05) is 18.2 Å². The van der Waals surface area contributed by atoms with Crippen LogP contribution in [0, 0.1) is 34.6 Å². The van der Waals surface area contributed by atoms with Gasteiger partial charge in [0.05, 0.1) is 0 Å². The number of allylic oxidation sites excluding steroid dienone is 3. The van der Waals surface area contributed by atoms with Crippen LogP contribution in [0.25, 0.3) is 5.70 Å². The molecule has 1 aromatic carbocycles. The molecular formula is C19H23N. The molecule has 0 aromatic heterocycles. The van der Waals surface area contributed by atoms with Crippen LogP contribution in [0.1, 0.15) is 46.2 Å². The second kappa shape index (κ2) is 4.66. The Balaban J connectivity index is 2.21. The molecule has 0 atom stereocenters. The predicted molar refractivity (Wildman–Crippen MR) is 86.4 cm³/mol. The van der Waals surface area contributed by atoms with Crippen LogP contribution in [0.2, 0.25) is 0 Å². The van der Waals surface area contributed by atoms with Crippen molar-refractivity contribution in [2.45, 2.75) is 47.5 Å². The zero-order valence-electron chi connectivity index (χ0n) is 13.2. The Kier molecular flexibility index (Phi) is 3.08. The largest absolute Gasteiger partial charge is 0.321 e. The lowest BCUT2D eigenvalue weighted by molar-refractivity contribution is 0.656. The van der Waals surface area contributed by atoms with Gasteiger partial charge in [0, 0.05) is 29.6 Å². The fraction of sp³-hybridized carbons (Fsp3) is 0.368. The van der Waals surface area contributed by atoms with Crippen LogP contribution in [0.5, 0.6) is 0 Å². The maximum atomic E-state index is 2.37. The van der Waals surface area contributed by atoms with Gasteiger partial charge in [-0.3, -0.25) is 0 Å². The molecule has 0 saturated heterocycles. The summed E-state index contributed by atoms with van der Waals surface area (Å²) in [4.78, 5) is 2.37. The molecule has 2 heterocycles. The van der Waals surface area contributed by atoms with E-state index in [2.05, 4.69) is 63.9 Å². The monoisotopic (exact) mass is 265 g/mol. The quantitative estimate of drug-likeness (QED) is 0.684. The van der Waals surface area contributed by atoms with Gasteiger partial charge in [0.2, 0.25) is 0 Å². The van der Waals surface area contributed by atoms with E-state index in [9.17, 15) is 0 Å². The van der Waals surface area contributed by atoms with Crippen LogP contribution < -0.4 is 0 Å². The molecular weight excluding hydrogens is 242 g/mol. The molecule has 0 unspecified atom stereocenters. The highest BCUT2D eigenvalue weighted by atomic mass is 15.1. The van der Waals surface area contributed by atoms with Crippen molar-refractivity contribution in [3.8, 4) is 0 Å². The van der Waals surface area contributed by atoms with Crippen molar-refractivity contribution in [1.29, 1.82) is 0 Å². The fourth-order valence-electron chi connectivity index (χ4n) is 3.40. The average molecular weight is 265 g/mol. The maximum Gasteiger partial charge on any atom is 0.0493 e. The Labute approximate surface area is 122 Å². The number of fused-ring (bicyclic) bond motifs is 1. The van der Waals surface area contributed by atoms with Gasteiger partial charge < -0.3 is 4.90 Å². The van der Waals surface area contributed by atoms with Crippen LogP contribution in [0.4, 0.5) is 0 Å². The Hall–Kier alpha value is -1.76. The van der Waals surface area contributed by atoms with E-state index in [0.29, 0.717) is 0 Å². The smallest absolute Gasteiger partial charge is 0.0493 e. The Morgan fingerprint density at radius 2 is 1.40 bits per heavy atom. The van der Waals surface area contributed by atoms with Crippen molar-refractivity contribution in [2.75, 3.05) is 0 Å². The molecule has 0 bridgehead atoms. The second-order valence-electron chi connectivity index (χ2n) is 5.98. The lowest BCUT2D eigenvalue weighted by atomic mass is 9.87. The summed E-state index contributed by atoms with van der Waals surface area (Å²) >= 11 is 0. The van der Waals surface area contributed by atoms with Crippen molar-refractivity contribution in [1.82, 2.24) is 4.90 Å². The van der Waals surface area contributed by atoms with E-state index < -0.39 is 0 Å². The molecule has 0 amide bonds. The first-order valence-corrected chi connectivity index (χ1v) is 7.44. The number of hydrogen-bond donors (Lipinski definition) is 0. The average Bonchev–Trinajstić information content (AvgIpc) is 2.92. The highest BCUT2D eigenvalue weighted by Gasteiger charge is 2.24. The third kappa shape index (κ3) is 1.76. The third-order valence-corrected chi connectivity index (χ3v) is 5.07. The lowest BCUT2D eigenvalue weighted by Gasteiger charge is -2.29. The fourth-order valence-corrected chi connectivity index (χ4v) is 3.40. The summed E-state index contributed by atoms with van der Waals surface area (Å²) in [6.45, 7) is 11.3. The summed E-state index contributed by atoms with van der Waals surface area (Å²) in [7, 11) is 0. The van der Waals surface area contributed by atoms with E-state index in [1.807, 2.05) is 0 Å². The lowest BCUT2D eigenvalue weighted by Crippen LogP contribution is -2.17.